The van der Waals surface area contributed by atoms with Crippen LogP contribution in [-0.2, 0) is 35.7 Å². The van der Waals surface area contributed by atoms with Crippen molar-refractivity contribution >= 4 is 21.8 Å². The number of thioether (sulfide) groups is 1. The number of halogens is 5. The van der Waals surface area contributed by atoms with Crippen LogP contribution in [0.25, 0.3) is 11.3 Å². The molecular weight excluding hydrogens is 649 g/mol. The number of likely N-dealkylation sites (tertiary alicyclic amines) is 2. The zero-order valence-electron chi connectivity index (χ0n) is 26.6. The third-order valence-electron chi connectivity index (χ3n) is 9.44. The third kappa shape index (κ3) is 8.81. The molecule has 1 N–H and O–H groups in total. The molecule has 0 unspecified atom stereocenters. The first-order valence-corrected chi connectivity index (χ1v) is 18.6. The Morgan fingerprint density at radius 1 is 1.00 bits per heavy atom. The van der Waals surface area contributed by atoms with E-state index >= 15 is 0 Å². The average molecular weight is 694 g/mol. The lowest BCUT2D eigenvalue weighted by molar-refractivity contribution is -0.139. The lowest BCUT2D eigenvalue weighted by Crippen LogP contribution is -2.42. The molecule has 46 heavy (non-hydrogen) atoms. The number of aliphatic hydroxyl groups excluding tert-OH is 1. The van der Waals surface area contributed by atoms with Crippen molar-refractivity contribution in [2.24, 2.45) is 5.41 Å². The maximum atomic E-state index is 14.1. The van der Waals surface area contributed by atoms with Crippen molar-refractivity contribution in [1.82, 2.24) is 23.9 Å². The predicted molar refractivity (Wildman–Crippen MR) is 168 cm³/mol. The minimum atomic E-state index is -4.60. The molecule has 4 heterocycles. The molecule has 0 radical (unpaired) electrons. The maximum Gasteiger partial charge on any atom is 0.417 e. The minimum absolute atomic E-state index is 0.000486. The topological polar surface area (TPSA) is 81.9 Å². The first-order valence-electron chi connectivity index (χ1n) is 15.8. The number of β-amino-alcohol motifs (C(OH)–C–C–N with tert-alkyl or cyclic N) is 1. The van der Waals surface area contributed by atoms with Crippen LogP contribution in [0.5, 0.6) is 0 Å². The molecule has 0 aliphatic carbocycles. The summed E-state index contributed by atoms with van der Waals surface area (Å²) in [6.07, 6.45) is -2.31. The molecule has 0 saturated carbocycles. The summed E-state index contributed by atoms with van der Waals surface area (Å²) < 4.78 is 97.2. The SMILES string of the molecule is CC1(C)CCN(C[C@H](O)Cn2nc(-c3ccc(C(F)(F)F)c(SCCN4CCC(F)(F)CC4)c3)c3c2CCN(S(C)(=O)=O)C3)CC1. The zero-order valence-corrected chi connectivity index (χ0v) is 28.3. The highest BCUT2D eigenvalue weighted by Gasteiger charge is 2.36. The quantitative estimate of drug-likeness (QED) is 0.271. The summed E-state index contributed by atoms with van der Waals surface area (Å²) in [5.41, 5.74) is 1.68. The van der Waals surface area contributed by atoms with E-state index in [1.807, 2.05) is 4.90 Å². The van der Waals surface area contributed by atoms with Crippen LogP contribution in [0.4, 0.5) is 22.0 Å². The standard InChI is InChI=1S/C31H44F5N5O3S2/c1-29(2)7-12-39(13-8-29)19-23(42)20-41-26-6-11-40(46(3,43)44)21-24(26)28(37-41)22-4-5-25(31(34,35)36)27(18-22)45-17-16-38-14-9-30(32,33)10-15-38/h4-5,18,23,42H,6-17,19-21H2,1-3H3/t23-/m0/s1. The Balaban J connectivity index is 1.39. The number of rotatable bonds is 10. The molecule has 5 rings (SSSR count). The van der Waals surface area contributed by atoms with Gasteiger partial charge in [-0.15, -0.1) is 11.8 Å². The minimum Gasteiger partial charge on any atom is -0.390 e. The Hall–Kier alpha value is -1.78. The molecule has 2 aromatic rings. The number of hydrogen-bond acceptors (Lipinski definition) is 7. The van der Waals surface area contributed by atoms with Gasteiger partial charge >= 0.3 is 6.18 Å². The van der Waals surface area contributed by atoms with Crippen LogP contribution in [0.3, 0.4) is 0 Å². The molecule has 15 heteroatoms. The van der Waals surface area contributed by atoms with E-state index in [2.05, 4.69) is 18.7 Å². The normalized spacial score (nSPS) is 22.1. The van der Waals surface area contributed by atoms with Gasteiger partial charge in [0.1, 0.15) is 0 Å². The second-order valence-electron chi connectivity index (χ2n) is 13.7. The Morgan fingerprint density at radius 3 is 2.28 bits per heavy atom. The fourth-order valence-corrected chi connectivity index (χ4v) is 8.35. The van der Waals surface area contributed by atoms with E-state index in [9.17, 15) is 35.5 Å². The van der Waals surface area contributed by atoms with Crippen LogP contribution in [0.15, 0.2) is 23.1 Å². The summed E-state index contributed by atoms with van der Waals surface area (Å²) in [5, 5.41) is 15.9. The van der Waals surface area contributed by atoms with Crippen LogP contribution >= 0.6 is 11.8 Å². The van der Waals surface area contributed by atoms with Crippen LogP contribution in [0.1, 0.15) is 56.4 Å². The summed E-state index contributed by atoms with van der Waals surface area (Å²) in [5.74, 6) is -2.41. The van der Waals surface area contributed by atoms with Gasteiger partial charge in [-0.05, 0) is 43.5 Å². The number of aliphatic hydroxyl groups is 1. The van der Waals surface area contributed by atoms with Crippen LogP contribution in [-0.4, -0.2) is 107 Å². The Labute approximate surface area is 272 Å². The number of aromatic nitrogens is 2. The lowest BCUT2D eigenvalue weighted by Gasteiger charge is -2.37. The molecule has 0 amide bonds. The Kier molecular flexibility index (Phi) is 10.5. The number of hydrogen-bond donors (Lipinski definition) is 1. The number of fused-ring (bicyclic) bond motifs is 1. The Bertz CT molecular complexity index is 1480. The molecule has 3 aliphatic rings. The molecule has 1 atom stereocenters. The number of benzene rings is 1. The average Bonchev–Trinajstić information content (AvgIpc) is 3.31. The van der Waals surface area contributed by atoms with E-state index in [1.54, 1.807) is 4.68 Å². The summed E-state index contributed by atoms with van der Waals surface area (Å²) in [6.45, 7) is 7.92. The van der Waals surface area contributed by atoms with E-state index in [0.717, 1.165) is 55.7 Å². The smallest absolute Gasteiger partial charge is 0.390 e. The number of nitrogens with zero attached hydrogens (tertiary/aromatic N) is 5. The van der Waals surface area contributed by atoms with Gasteiger partial charge in [-0.1, -0.05) is 19.9 Å². The second kappa shape index (κ2) is 13.6. The highest BCUT2D eigenvalue weighted by Crippen LogP contribution is 2.41. The van der Waals surface area contributed by atoms with E-state index < -0.39 is 33.8 Å². The van der Waals surface area contributed by atoms with Gasteiger partial charge in [0.25, 0.3) is 5.92 Å². The molecule has 0 spiro atoms. The lowest BCUT2D eigenvalue weighted by atomic mass is 9.82. The highest BCUT2D eigenvalue weighted by molar-refractivity contribution is 7.99. The number of piperidine rings is 2. The van der Waals surface area contributed by atoms with Gasteiger partial charge < -0.3 is 14.9 Å². The fourth-order valence-electron chi connectivity index (χ4n) is 6.44. The maximum absolute atomic E-state index is 14.1. The molecule has 0 bridgehead atoms. The molecule has 2 saturated heterocycles. The molecule has 1 aromatic heterocycles. The molecule has 8 nitrogen and oxygen atoms in total. The van der Waals surface area contributed by atoms with Gasteiger partial charge in [0.2, 0.25) is 10.0 Å². The monoisotopic (exact) mass is 693 g/mol. The largest absolute Gasteiger partial charge is 0.417 e. The first kappa shape index (κ1) is 35.5. The van der Waals surface area contributed by atoms with Gasteiger partial charge in [0, 0.05) is 86.0 Å². The summed E-state index contributed by atoms with van der Waals surface area (Å²) in [6, 6.07) is 3.82. The van der Waals surface area contributed by atoms with Crippen molar-refractivity contribution in [3.63, 3.8) is 0 Å². The highest BCUT2D eigenvalue weighted by atomic mass is 32.2. The van der Waals surface area contributed by atoms with Crippen molar-refractivity contribution < 1.29 is 35.5 Å². The third-order valence-corrected chi connectivity index (χ3v) is 11.7. The van der Waals surface area contributed by atoms with E-state index in [4.69, 9.17) is 5.10 Å². The molecule has 1 aromatic carbocycles. The zero-order chi connectivity index (χ0) is 33.5. The van der Waals surface area contributed by atoms with Gasteiger partial charge in [-0.3, -0.25) is 4.68 Å². The Morgan fingerprint density at radius 2 is 1.65 bits per heavy atom. The summed E-state index contributed by atoms with van der Waals surface area (Å²) >= 11 is 1.02. The molecule has 2 fully saturated rings. The molecule has 3 aliphatic heterocycles. The first-order chi connectivity index (χ1) is 21.4. The predicted octanol–water partition coefficient (Wildman–Crippen LogP) is 5.19. The van der Waals surface area contributed by atoms with Crippen LogP contribution < -0.4 is 0 Å². The summed E-state index contributed by atoms with van der Waals surface area (Å²) in [7, 11) is -3.54. The van der Waals surface area contributed by atoms with Crippen LogP contribution in [0.2, 0.25) is 0 Å². The number of sulfonamides is 1. The second-order valence-corrected chi connectivity index (χ2v) is 16.8. The fraction of sp³-hybridized carbons (Fsp3) is 0.710. The van der Waals surface area contributed by atoms with Crippen molar-refractivity contribution in [2.75, 3.05) is 57.8 Å². The van der Waals surface area contributed by atoms with Crippen molar-refractivity contribution in [2.45, 2.75) is 82.1 Å². The van der Waals surface area contributed by atoms with E-state index in [-0.39, 0.29) is 61.6 Å². The van der Waals surface area contributed by atoms with Gasteiger partial charge in [0.05, 0.1) is 30.2 Å². The van der Waals surface area contributed by atoms with Gasteiger partial charge in [-0.25, -0.2) is 17.2 Å². The van der Waals surface area contributed by atoms with Crippen molar-refractivity contribution in [3.8, 4) is 11.3 Å². The molecular formula is C31H44F5N5O3S2. The van der Waals surface area contributed by atoms with Crippen molar-refractivity contribution in [3.05, 3.63) is 35.0 Å². The molecule has 258 valence electrons. The van der Waals surface area contributed by atoms with E-state index in [1.165, 1.54) is 16.4 Å². The number of alkyl halides is 5. The van der Waals surface area contributed by atoms with Crippen LogP contribution in [0, 0.1) is 5.41 Å². The van der Waals surface area contributed by atoms with Gasteiger partial charge in [0.15, 0.2) is 0 Å². The summed E-state index contributed by atoms with van der Waals surface area (Å²) in [4.78, 5) is 4.07. The van der Waals surface area contributed by atoms with Gasteiger partial charge in [-0.2, -0.15) is 22.6 Å². The van der Waals surface area contributed by atoms with Crippen molar-refractivity contribution in [1.29, 1.82) is 0 Å². The van der Waals surface area contributed by atoms with E-state index in [0.29, 0.717) is 36.3 Å².